The fourth-order valence-electron chi connectivity index (χ4n) is 1.84. The maximum Gasteiger partial charge on any atom is 0.280 e. The lowest BCUT2D eigenvalue weighted by atomic mass is 10.1. The van der Waals surface area contributed by atoms with E-state index in [0.717, 1.165) is 6.08 Å². The number of para-hydroxylation sites is 1. The fraction of sp³-hybridized carbons (Fsp3) is 0. The third-order valence-electron chi connectivity index (χ3n) is 2.87. The van der Waals surface area contributed by atoms with Gasteiger partial charge in [-0.05, 0) is 17.7 Å². The van der Waals surface area contributed by atoms with E-state index in [1.54, 1.807) is 6.07 Å². The molecule has 7 heteroatoms. The molecule has 0 bridgehead atoms. The average Bonchev–Trinajstić information content (AvgIpc) is 2.52. The first-order chi connectivity index (χ1) is 10.5. The molecule has 0 aromatic heterocycles. The molecule has 110 valence electrons. The highest BCUT2D eigenvalue weighted by molar-refractivity contribution is 6.09. The summed E-state index contributed by atoms with van der Waals surface area (Å²) in [6.45, 7) is 0. The van der Waals surface area contributed by atoms with Gasteiger partial charge in [-0.3, -0.25) is 25.0 Å². The van der Waals surface area contributed by atoms with E-state index < -0.39 is 15.6 Å². The molecule has 0 N–H and O–H groups in total. The third-order valence-corrected chi connectivity index (χ3v) is 2.87. The number of nitrogens with zero attached hydrogens (tertiary/aromatic N) is 2. The molecule has 0 radical (unpaired) electrons. The number of benzene rings is 2. The molecule has 7 nitrogen and oxygen atoms in total. The summed E-state index contributed by atoms with van der Waals surface area (Å²) < 4.78 is 0. The van der Waals surface area contributed by atoms with Gasteiger partial charge in [0.15, 0.2) is 5.78 Å². The number of carbonyl (C=O) groups excluding carboxylic acids is 1. The molecule has 0 unspecified atom stereocenters. The summed E-state index contributed by atoms with van der Waals surface area (Å²) in [5, 5.41) is 21.5. The van der Waals surface area contributed by atoms with Gasteiger partial charge in [0, 0.05) is 18.2 Å². The van der Waals surface area contributed by atoms with Crippen LogP contribution in [0.4, 0.5) is 11.4 Å². The van der Waals surface area contributed by atoms with Crippen molar-refractivity contribution >= 4 is 23.2 Å². The Morgan fingerprint density at radius 1 is 0.955 bits per heavy atom. The van der Waals surface area contributed by atoms with Crippen LogP contribution in [0.25, 0.3) is 6.08 Å². The van der Waals surface area contributed by atoms with Crippen LogP contribution in [-0.2, 0) is 0 Å². The van der Waals surface area contributed by atoms with E-state index in [2.05, 4.69) is 0 Å². The minimum Gasteiger partial charge on any atom is -0.289 e. The van der Waals surface area contributed by atoms with Crippen molar-refractivity contribution in [3.63, 3.8) is 0 Å². The first-order valence-corrected chi connectivity index (χ1v) is 6.19. The molecule has 2 aromatic rings. The molecule has 0 spiro atoms. The molecule has 0 aliphatic carbocycles. The molecule has 0 aliphatic rings. The normalized spacial score (nSPS) is 10.5. The largest absolute Gasteiger partial charge is 0.289 e. The van der Waals surface area contributed by atoms with E-state index in [1.165, 1.54) is 48.5 Å². The lowest BCUT2D eigenvalue weighted by Gasteiger charge is -1.98. The summed E-state index contributed by atoms with van der Waals surface area (Å²) in [6.07, 6.45) is 2.54. The lowest BCUT2D eigenvalue weighted by molar-refractivity contribution is -0.385. The number of allylic oxidation sites excluding steroid dienone is 1. The van der Waals surface area contributed by atoms with Crippen LogP contribution in [0.15, 0.2) is 54.6 Å². The number of nitro groups is 2. The third kappa shape index (κ3) is 3.40. The van der Waals surface area contributed by atoms with Crippen molar-refractivity contribution in [2.24, 2.45) is 0 Å². The van der Waals surface area contributed by atoms with Crippen LogP contribution in [0.3, 0.4) is 0 Å². The van der Waals surface area contributed by atoms with Gasteiger partial charge >= 0.3 is 0 Å². The van der Waals surface area contributed by atoms with Crippen molar-refractivity contribution in [3.05, 3.63) is 86.0 Å². The van der Waals surface area contributed by atoms with Gasteiger partial charge < -0.3 is 0 Å². The zero-order valence-corrected chi connectivity index (χ0v) is 11.2. The molecule has 0 fully saturated rings. The van der Waals surface area contributed by atoms with Crippen molar-refractivity contribution in [3.8, 4) is 0 Å². The van der Waals surface area contributed by atoms with E-state index in [0.29, 0.717) is 5.56 Å². The van der Waals surface area contributed by atoms with Crippen molar-refractivity contribution in [1.29, 1.82) is 0 Å². The molecular weight excluding hydrogens is 288 g/mol. The molecular formula is C15H10N2O5. The smallest absolute Gasteiger partial charge is 0.280 e. The van der Waals surface area contributed by atoms with Gasteiger partial charge in [-0.25, -0.2) is 0 Å². The first-order valence-electron chi connectivity index (χ1n) is 6.19. The van der Waals surface area contributed by atoms with Crippen molar-refractivity contribution < 1.29 is 14.6 Å². The van der Waals surface area contributed by atoms with Gasteiger partial charge in [0.1, 0.15) is 0 Å². The molecule has 0 saturated carbocycles. The number of carbonyl (C=O) groups is 1. The van der Waals surface area contributed by atoms with E-state index >= 15 is 0 Å². The predicted octanol–water partition coefficient (Wildman–Crippen LogP) is 3.40. The molecule has 0 saturated heterocycles. The number of hydrogen-bond donors (Lipinski definition) is 0. The highest BCUT2D eigenvalue weighted by atomic mass is 16.6. The maximum absolute atomic E-state index is 12.0. The number of hydrogen-bond acceptors (Lipinski definition) is 5. The summed E-state index contributed by atoms with van der Waals surface area (Å²) in [4.78, 5) is 32.4. The predicted molar refractivity (Wildman–Crippen MR) is 79.6 cm³/mol. The summed E-state index contributed by atoms with van der Waals surface area (Å²) >= 11 is 0. The molecule has 2 aromatic carbocycles. The highest BCUT2D eigenvalue weighted by Gasteiger charge is 2.16. The summed E-state index contributed by atoms with van der Waals surface area (Å²) in [5.41, 5.74) is 0.0480. The van der Waals surface area contributed by atoms with Crippen LogP contribution in [0.5, 0.6) is 0 Å². The fourth-order valence-corrected chi connectivity index (χ4v) is 1.84. The second-order valence-corrected chi connectivity index (χ2v) is 4.32. The molecule has 22 heavy (non-hydrogen) atoms. The van der Waals surface area contributed by atoms with Gasteiger partial charge in [0.2, 0.25) is 0 Å². The van der Waals surface area contributed by atoms with E-state index in [9.17, 15) is 25.0 Å². The number of ketones is 1. The average molecular weight is 298 g/mol. The van der Waals surface area contributed by atoms with Crippen LogP contribution in [0.2, 0.25) is 0 Å². The first kappa shape index (κ1) is 15.0. The van der Waals surface area contributed by atoms with Crippen LogP contribution in [0, 0.1) is 20.2 Å². The van der Waals surface area contributed by atoms with Gasteiger partial charge in [-0.15, -0.1) is 0 Å². The van der Waals surface area contributed by atoms with E-state index in [1.807, 2.05) is 0 Å². The summed E-state index contributed by atoms with van der Waals surface area (Å²) in [5.74, 6) is -0.543. The Morgan fingerprint density at radius 3 is 2.36 bits per heavy atom. The zero-order valence-electron chi connectivity index (χ0n) is 11.2. The quantitative estimate of drug-likeness (QED) is 0.364. The van der Waals surface area contributed by atoms with Crippen molar-refractivity contribution in [2.75, 3.05) is 0 Å². The topological polar surface area (TPSA) is 103 Å². The molecule has 0 aliphatic heterocycles. The minimum atomic E-state index is -0.631. The van der Waals surface area contributed by atoms with Crippen molar-refractivity contribution in [2.45, 2.75) is 0 Å². The van der Waals surface area contributed by atoms with Gasteiger partial charge in [-0.1, -0.05) is 30.3 Å². The Balaban J connectivity index is 2.27. The monoisotopic (exact) mass is 298 g/mol. The van der Waals surface area contributed by atoms with Gasteiger partial charge in [0.25, 0.3) is 11.4 Å². The minimum absolute atomic E-state index is 0.0332. The van der Waals surface area contributed by atoms with Crippen molar-refractivity contribution in [1.82, 2.24) is 0 Å². The Labute approximate surface area is 124 Å². The van der Waals surface area contributed by atoms with Crippen LogP contribution in [0.1, 0.15) is 15.9 Å². The maximum atomic E-state index is 12.0. The molecule has 0 heterocycles. The SMILES string of the molecule is O=C(C=Cc1cccc([N+](=O)[O-])c1)c1ccccc1[N+](=O)[O-]. The number of nitro benzene ring substituents is 2. The van der Waals surface area contributed by atoms with Crippen LogP contribution >= 0.6 is 0 Å². The Morgan fingerprint density at radius 2 is 1.68 bits per heavy atom. The number of rotatable bonds is 5. The second kappa shape index (κ2) is 6.40. The zero-order chi connectivity index (χ0) is 16.1. The summed E-state index contributed by atoms with van der Waals surface area (Å²) in [7, 11) is 0. The second-order valence-electron chi connectivity index (χ2n) is 4.32. The molecule has 2 rings (SSSR count). The van der Waals surface area contributed by atoms with E-state index in [-0.39, 0.29) is 16.9 Å². The van der Waals surface area contributed by atoms with Crippen LogP contribution in [-0.4, -0.2) is 15.6 Å². The highest BCUT2D eigenvalue weighted by Crippen LogP contribution is 2.19. The molecule has 0 amide bonds. The van der Waals surface area contributed by atoms with Crippen LogP contribution < -0.4 is 0 Å². The molecule has 0 atom stereocenters. The summed E-state index contributed by atoms with van der Waals surface area (Å²) in [6, 6.07) is 11.3. The van der Waals surface area contributed by atoms with E-state index in [4.69, 9.17) is 0 Å². The standard InChI is InChI=1S/C15H10N2O5/c18-15(13-6-1-2-7-14(13)17(21)22)9-8-11-4-3-5-12(10-11)16(19)20/h1-10H. The lowest BCUT2D eigenvalue weighted by Crippen LogP contribution is -2.00. The Bertz CT molecular complexity index is 783. The van der Waals surface area contributed by atoms with Gasteiger partial charge in [-0.2, -0.15) is 0 Å². The Kier molecular flexibility index (Phi) is 4.38. The van der Waals surface area contributed by atoms with Gasteiger partial charge in [0.05, 0.1) is 15.4 Å². The Hall–Kier alpha value is -3.35. The number of non-ortho nitro benzene ring substituents is 1.